The van der Waals surface area contributed by atoms with Crippen LogP contribution in [0.4, 0.5) is 13.2 Å². The smallest absolute Gasteiger partial charge is 0.417 e. The maximum atomic E-state index is 12.7. The molecule has 0 amide bonds. The van der Waals surface area contributed by atoms with E-state index in [2.05, 4.69) is 0 Å². The quantitative estimate of drug-likeness (QED) is 0.839. The van der Waals surface area contributed by atoms with Crippen LogP contribution in [0.15, 0.2) is 46.2 Å². The molecule has 0 bridgehead atoms. The van der Waals surface area contributed by atoms with Crippen molar-refractivity contribution in [2.75, 3.05) is 6.61 Å². The van der Waals surface area contributed by atoms with Crippen LogP contribution in [-0.2, 0) is 22.7 Å². The molecule has 0 aliphatic rings. The maximum Gasteiger partial charge on any atom is 0.417 e. The van der Waals surface area contributed by atoms with Crippen LogP contribution in [-0.4, -0.2) is 19.6 Å². The SMILES string of the molecule is NS(=O)(=O)c1ccc(OCCn2cc(C(F)(F)F)cc(Cl)c2=O)cc1. The second-order valence-corrected chi connectivity index (χ2v) is 6.91. The molecule has 25 heavy (non-hydrogen) atoms. The zero-order chi connectivity index (χ0) is 18.8. The molecular weight excluding hydrogens is 385 g/mol. The van der Waals surface area contributed by atoms with Crippen molar-refractivity contribution in [3.05, 3.63) is 57.5 Å². The highest BCUT2D eigenvalue weighted by Crippen LogP contribution is 2.29. The minimum atomic E-state index is -4.64. The third-order valence-corrected chi connectivity index (χ3v) is 4.32. The highest BCUT2D eigenvalue weighted by molar-refractivity contribution is 7.89. The number of hydrogen-bond donors (Lipinski definition) is 1. The summed E-state index contributed by atoms with van der Waals surface area (Å²) in [4.78, 5) is 11.7. The summed E-state index contributed by atoms with van der Waals surface area (Å²) < 4.78 is 66.5. The Morgan fingerprint density at radius 2 is 1.80 bits per heavy atom. The fourth-order valence-electron chi connectivity index (χ4n) is 1.91. The van der Waals surface area contributed by atoms with Gasteiger partial charge in [-0.05, 0) is 30.3 Å². The van der Waals surface area contributed by atoms with Crippen LogP contribution in [0.2, 0.25) is 5.02 Å². The Labute approximate surface area is 145 Å². The molecule has 0 aliphatic heterocycles. The third-order valence-electron chi connectivity index (χ3n) is 3.12. The van der Waals surface area contributed by atoms with E-state index in [0.717, 1.165) is 4.57 Å². The molecule has 0 aliphatic carbocycles. The first-order valence-electron chi connectivity index (χ1n) is 6.71. The Balaban J connectivity index is 2.09. The average molecular weight is 397 g/mol. The number of nitrogens with two attached hydrogens (primary N) is 1. The number of sulfonamides is 1. The molecule has 2 rings (SSSR count). The lowest BCUT2D eigenvalue weighted by Crippen LogP contribution is -2.25. The molecule has 0 unspecified atom stereocenters. The second-order valence-electron chi connectivity index (χ2n) is 4.94. The van der Waals surface area contributed by atoms with Crippen molar-refractivity contribution >= 4 is 21.6 Å². The van der Waals surface area contributed by atoms with Gasteiger partial charge in [0.05, 0.1) is 17.0 Å². The normalized spacial score (nSPS) is 12.2. The van der Waals surface area contributed by atoms with Crippen LogP contribution >= 0.6 is 11.6 Å². The highest BCUT2D eigenvalue weighted by atomic mass is 35.5. The van der Waals surface area contributed by atoms with Crippen LogP contribution in [0.3, 0.4) is 0 Å². The lowest BCUT2D eigenvalue weighted by molar-refractivity contribution is -0.138. The van der Waals surface area contributed by atoms with E-state index in [0.29, 0.717) is 12.3 Å². The van der Waals surface area contributed by atoms with Gasteiger partial charge in [-0.15, -0.1) is 0 Å². The molecule has 11 heteroatoms. The number of aromatic nitrogens is 1. The summed E-state index contributed by atoms with van der Waals surface area (Å²) in [6.07, 6.45) is -3.98. The van der Waals surface area contributed by atoms with Crippen LogP contribution < -0.4 is 15.4 Å². The predicted octanol–water partition coefficient (Wildman–Crippen LogP) is 2.25. The Kier molecular flexibility index (Phi) is 5.45. The maximum absolute atomic E-state index is 12.7. The standard InChI is InChI=1S/C14H12ClF3N2O4S/c15-12-7-9(14(16,17)18)8-20(13(12)21)5-6-24-10-1-3-11(4-2-10)25(19,22)23/h1-4,7-8H,5-6H2,(H2,19,22,23). The molecule has 1 aromatic carbocycles. The van der Waals surface area contributed by atoms with Gasteiger partial charge < -0.3 is 9.30 Å². The van der Waals surface area contributed by atoms with Gasteiger partial charge in [0.15, 0.2) is 0 Å². The first kappa shape index (κ1) is 19.3. The summed E-state index contributed by atoms with van der Waals surface area (Å²) in [5, 5.41) is 4.40. The topological polar surface area (TPSA) is 91.4 Å². The van der Waals surface area contributed by atoms with Crippen molar-refractivity contribution in [3.8, 4) is 5.75 Å². The summed E-state index contributed by atoms with van der Waals surface area (Å²) in [6, 6.07) is 5.67. The molecule has 0 fully saturated rings. The lowest BCUT2D eigenvalue weighted by atomic mass is 10.2. The van der Waals surface area contributed by atoms with Crippen LogP contribution in [0.25, 0.3) is 0 Å². The van der Waals surface area contributed by atoms with E-state index < -0.39 is 32.3 Å². The van der Waals surface area contributed by atoms with Gasteiger partial charge in [-0.2, -0.15) is 13.2 Å². The molecule has 1 aromatic heterocycles. The summed E-state index contributed by atoms with van der Waals surface area (Å²) in [7, 11) is -3.83. The van der Waals surface area contributed by atoms with Gasteiger partial charge in [0.2, 0.25) is 10.0 Å². The Hall–Kier alpha value is -2.04. The molecule has 0 spiro atoms. The van der Waals surface area contributed by atoms with Crippen LogP contribution in [0.1, 0.15) is 5.56 Å². The molecule has 0 saturated carbocycles. The van der Waals surface area contributed by atoms with Gasteiger partial charge in [0.25, 0.3) is 5.56 Å². The number of benzene rings is 1. The van der Waals surface area contributed by atoms with E-state index in [4.69, 9.17) is 21.5 Å². The van der Waals surface area contributed by atoms with Crippen molar-refractivity contribution in [1.82, 2.24) is 4.57 Å². The summed E-state index contributed by atoms with van der Waals surface area (Å²) in [5.74, 6) is 0.263. The monoisotopic (exact) mass is 396 g/mol. The summed E-state index contributed by atoms with van der Waals surface area (Å²) >= 11 is 5.54. The van der Waals surface area contributed by atoms with Crippen molar-refractivity contribution in [3.63, 3.8) is 0 Å². The Morgan fingerprint density at radius 1 is 1.20 bits per heavy atom. The zero-order valence-electron chi connectivity index (χ0n) is 12.5. The van der Waals surface area contributed by atoms with Gasteiger partial charge in [0.1, 0.15) is 17.4 Å². The molecule has 2 N–H and O–H groups in total. The molecular formula is C14H12ClF3N2O4S. The van der Waals surface area contributed by atoms with E-state index in [9.17, 15) is 26.4 Å². The van der Waals surface area contributed by atoms with Crippen LogP contribution in [0.5, 0.6) is 5.75 Å². The number of rotatable bonds is 5. The predicted molar refractivity (Wildman–Crippen MR) is 84.0 cm³/mol. The van der Waals surface area contributed by atoms with E-state index in [1.54, 1.807) is 0 Å². The van der Waals surface area contributed by atoms with E-state index in [1.165, 1.54) is 24.3 Å². The minimum absolute atomic E-state index is 0.110. The number of alkyl halides is 3. The van der Waals surface area contributed by atoms with Gasteiger partial charge in [0, 0.05) is 6.20 Å². The molecule has 0 radical (unpaired) electrons. The van der Waals surface area contributed by atoms with Gasteiger partial charge >= 0.3 is 6.18 Å². The number of hydrogen-bond acceptors (Lipinski definition) is 4. The molecule has 6 nitrogen and oxygen atoms in total. The fourth-order valence-corrected chi connectivity index (χ4v) is 2.65. The molecule has 0 atom stereocenters. The largest absolute Gasteiger partial charge is 0.492 e. The Morgan fingerprint density at radius 3 is 2.32 bits per heavy atom. The van der Waals surface area contributed by atoms with Gasteiger partial charge in [-0.3, -0.25) is 4.79 Å². The molecule has 1 heterocycles. The number of nitrogens with zero attached hydrogens (tertiary/aromatic N) is 1. The Bertz CT molecular complexity index is 925. The summed E-state index contributed by atoms with van der Waals surface area (Å²) in [6.45, 7) is -0.314. The molecule has 136 valence electrons. The van der Waals surface area contributed by atoms with E-state index in [1.807, 2.05) is 0 Å². The fraction of sp³-hybridized carbons (Fsp3) is 0.214. The van der Waals surface area contributed by atoms with E-state index in [-0.39, 0.29) is 23.8 Å². The van der Waals surface area contributed by atoms with E-state index >= 15 is 0 Å². The molecule has 0 saturated heterocycles. The van der Waals surface area contributed by atoms with Crippen LogP contribution in [0, 0.1) is 0 Å². The first-order chi connectivity index (χ1) is 11.5. The van der Waals surface area contributed by atoms with Crippen molar-refractivity contribution in [2.45, 2.75) is 17.6 Å². The minimum Gasteiger partial charge on any atom is -0.492 e. The van der Waals surface area contributed by atoms with Crippen molar-refractivity contribution in [1.29, 1.82) is 0 Å². The summed E-state index contributed by atoms with van der Waals surface area (Å²) in [5.41, 5.74) is -1.82. The van der Waals surface area contributed by atoms with Crippen molar-refractivity contribution < 1.29 is 26.3 Å². The number of pyridine rings is 1. The zero-order valence-corrected chi connectivity index (χ0v) is 14.0. The average Bonchev–Trinajstić information content (AvgIpc) is 2.50. The number of ether oxygens (including phenoxy) is 1. The number of primary sulfonamides is 1. The lowest BCUT2D eigenvalue weighted by Gasteiger charge is -2.12. The van der Waals surface area contributed by atoms with Gasteiger partial charge in [-0.25, -0.2) is 13.6 Å². The van der Waals surface area contributed by atoms with Gasteiger partial charge in [-0.1, -0.05) is 11.6 Å². The second kappa shape index (κ2) is 7.06. The van der Waals surface area contributed by atoms with Crippen molar-refractivity contribution in [2.24, 2.45) is 5.14 Å². The highest BCUT2D eigenvalue weighted by Gasteiger charge is 2.32. The number of halogens is 4. The third kappa shape index (κ3) is 4.97. The molecule has 2 aromatic rings. The first-order valence-corrected chi connectivity index (χ1v) is 8.64.